The number of carbonyl (C=O) groups excluding carboxylic acids is 2. The number of hydrogen-bond acceptors (Lipinski definition) is 5. The van der Waals surface area contributed by atoms with E-state index in [-0.39, 0.29) is 17.9 Å². The fraction of sp³-hybridized carbons (Fsp3) is 0.692. The van der Waals surface area contributed by atoms with Crippen LogP contribution in [0, 0.1) is 0 Å². The number of carbonyl (C=O) groups is 2. The number of rotatable bonds is 6. The first-order valence-corrected chi connectivity index (χ1v) is 13.2. The topological polar surface area (TPSA) is 67.9 Å². The molecule has 0 unspecified atom stereocenters. The molecule has 0 aromatic heterocycles. The molecule has 2 N–H and O–H groups in total. The smallest absolute Gasteiger partial charge is 0.251 e. The zero-order valence-electron chi connectivity index (χ0n) is 19.9. The summed E-state index contributed by atoms with van der Waals surface area (Å²) in [6.45, 7) is 7.58. The van der Waals surface area contributed by atoms with Gasteiger partial charge < -0.3 is 25.3 Å². The molecule has 4 aliphatic heterocycles. The lowest BCUT2D eigenvalue weighted by molar-refractivity contribution is -0.118. The summed E-state index contributed by atoms with van der Waals surface area (Å²) in [5, 5.41) is 6.09. The highest BCUT2D eigenvalue weighted by atomic mass is 16.2. The minimum atomic E-state index is -0.0594. The first-order valence-electron chi connectivity index (χ1n) is 13.2. The molecule has 0 spiro atoms. The van der Waals surface area contributed by atoms with Crippen molar-refractivity contribution in [1.29, 1.82) is 0 Å². The van der Waals surface area contributed by atoms with Gasteiger partial charge in [-0.2, -0.15) is 0 Å². The number of amides is 2. The van der Waals surface area contributed by atoms with Crippen molar-refractivity contribution in [3.63, 3.8) is 0 Å². The SMILES string of the molecule is O=C(NCCCN1CCC(N2CCCCC2)CC1)c1ccc2c(c1)NC(=O)[C@H]1CCCCN21. The van der Waals surface area contributed by atoms with Crippen molar-refractivity contribution < 1.29 is 9.59 Å². The molecule has 3 fully saturated rings. The van der Waals surface area contributed by atoms with E-state index < -0.39 is 0 Å². The van der Waals surface area contributed by atoms with Crippen LogP contribution >= 0.6 is 0 Å². The van der Waals surface area contributed by atoms with Crippen molar-refractivity contribution in [2.75, 3.05) is 56.0 Å². The largest absolute Gasteiger partial charge is 0.358 e. The lowest BCUT2D eigenvalue weighted by Crippen LogP contribution is -2.50. The van der Waals surface area contributed by atoms with Gasteiger partial charge in [0.05, 0.1) is 11.4 Å². The molecule has 0 radical (unpaired) electrons. The first-order chi connectivity index (χ1) is 16.2. The number of likely N-dealkylation sites (tertiary alicyclic amines) is 2. The molecule has 4 aliphatic rings. The minimum absolute atomic E-state index is 0.0587. The average molecular weight is 454 g/mol. The molecule has 180 valence electrons. The van der Waals surface area contributed by atoms with E-state index >= 15 is 0 Å². The number of anilines is 2. The van der Waals surface area contributed by atoms with Crippen LogP contribution in [-0.4, -0.2) is 79.5 Å². The summed E-state index contributed by atoms with van der Waals surface area (Å²) in [6, 6.07) is 6.44. The van der Waals surface area contributed by atoms with Crippen molar-refractivity contribution in [3.05, 3.63) is 23.8 Å². The number of benzene rings is 1. The maximum Gasteiger partial charge on any atom is 0.251 e. The van der Waals surface area contributed by atoms with Gasteiger partial charge in [-0.1, -0.05) is 6.42 Å². The molecule has 7 nitrogen and oxygen atoms in total. The Morgan fingerprint density at radius 1 is 0.970 bits per heavy atom. The molecule has 1 aromatic rings. The van der Waals surface area contributed by atoms with Crippen molar-refractivity contribution in [1.82, 2.24) is 15.1 Å². The standard InChI is InChI=1S/C26H39N5O2/c32-25(20-8-9-23-22(19-20)28-26(33)24-7-2-5-16-31(23)24)27-12-6-13-29-17-10-21(11-18-29)30-14-3-1-4-15-30/h8-9,19,21,24H,1-7,10-18H2,(H,27,32)(H,28,33)/t24-/m1/s1. The summed E-state index contributed by atoms with van der Waals surface area (Å²) >= 11 is 0. The van der Waals surface area contributed by atoms with Crippen LogP contribution < -0.4 is 15.5 Å². The fourth-order valence-corrected chi connectivity index (χ4v) is 6.13. The zero-order chi connectivity index (χ0) is 22.6. The molecule has 5 rings (SSSR count). The van der Waals surface area contributed by atoms with Crippen LogP contribution in [0.15, 0.2) is 18.2 Å². The van der Waals surface area contributed by atoms with Crippen molar-refractivity contribution in [3.8, 4) is 0 Å². The Morgan fingerprint density at radius 3 is 2.58 bits per heavy atom. The van der Waals surface area contributed by atoms with Gasteiger partial charge in [0.1, 0.15) is 6.04 Å². The average Bonchev–Trinajstić information content (AvgIpc) is 2.87. The van der Waals surface area contributed by atoms with Gasteiger partial charge in [0.2, 0.25) is 5.91 Å². The molecule has 2 amide bonds. The number of fused-ring (bicyclic) bond motifs is 3. The van der Waals surface area contributed by atoms with E-state index in [1.165, 1.54) is 58.3 Å². The molecular weight excluding hydrogens is 414 g/mol. The number of nitrogens with one attached hydrogen (secondary N) is 2. The van der Waals surface area contributed by atoms with Crippen LogP contribution in [0.25, 0.3) is 0 Å². The number of hydrogen-bond donors (Lipinski definition) is 2. The molecule has 1 atom stereocenters. The van der Waals surface area contributed by atoms with E-state index in [2.05, 4.69) is 25.3 Å². The van der Waals surface area contributed by atoms with Crippen LogP contribution in [0.2, 0.25) is 0 Å². The Balaban J connectivity index is 1.06. The molecule has 3 saturated heterocycles. The highest BCUT2D eigenvalue weighted by molar-refractivity contribution is 6.05. The van der Waals surface area contributed by atoms with Gasteiger partial charge in [0, 0.05) is 24.7 Å². The van der Waals surface area contributed by atoms with E-state index in [1.54, 1.807) is 0 Å². The fourth-order valence-electron chi connectivity index (χ4n) is 6.13. The summed E-state index contributed by atoms with van der Waals surface area (Å²) < 4.78 is 0. The van der Waals surface area contributed by atoms with E-state index in [4.69, 9.17) is 0 Å². The summed E-state index contributed by atoms with van der Waals surface area (Å²) in [5.74, 6) is 0.000406. The number of piperidine rings is 3. The van der Waals surface area contributed by atoms with E-state index in [9.17, 15) is 9.59 Å². The van der Waals surface area contributed by atoms with E-state index in [0.717, 1.165) is 56.2 Å². The van der Waals surface area contributed by atoms with E-state index in [1.807, 2.05) is 18.2 Å². The highest BCUT2D eigenvalue weighted by Gasteiger charge is 2.34. The Morgan fingerprint density at radius 2 is 1.76 bits per heavy atom. The lowest BCUT2D eigenvalue weighted by atomic mass is 9.97. The van der Waals surface area contributed by atoms with Gasteiger partial charge in [-0.25, -0.2) is 0 Å². The second-order valence-electron chi connectivity index (χ2n) is 10.2. The van der Waals surface area contributed by atoms with Crippen LogP contribution in [-0.2, 0) is 4.79 Å². The van der Waals surface area contributed by atoms with Crippen LogP contribution in [0.3, 0.4) is 0 Å². The second kappa shape index (κ2) is 10.4. The van der Waals surface area contributed by atoms with Gasteiger partial charge in [0.25, 0.3) is 5.91 Å². The minimum Gasteiger partial charge on any atom is -0.358 e. The number of nitrogens with zero attached hydrogens (tertiary/aromatic N) is 3. The molecular formula is C26H39N5O2. The quantitative estimate of drug-likeness (QED) is 0.648. The maximum absolute atomic E-state index is 12.7. The normalized spacial score (nSPS) is 24.7. The summed E-state index contributed by atoms with van der Waals surface area (Å²) in [5.41, 5.74) is 2.43. The second-order valence-corrected chi connectivity index (χ2v) is 10.2. The van der Waals surface area contributed by atoms with E-state index in [0.29, 0.717) is 12.1 Å². The van der Waals surface area contributed by atoms with Gasteiger partial charge in [0.15, 0.2) is 0 Å². The van der Waals surface area contributed by atoms with Gasteiger partial charge in [-0.15, -0.1) is 0 Å². The van der Waals surface area contributed by atoms with Gasteiger partial charge >= 0.3 is 0 Å². The van der Waals surface area contributed by atoms with Crippen molar-refractivity contribution in [2.45, 2.75) is 69.9 Å². The highest BCUT2D eigenvalue weighted by Crippen LogP contribution is 2.36. The van der Waals surface area contributed by atoms with Crippen LogP contribution in [0.5, 0.6) is 0 Å². The Hall–Kier alpha value is -2.12. The summed E-state index contributed by atoms with van der Waals surface area (Å²) in [6.07, 6.45) is 10.8. The third-order valence-corrected chi connectivity index (χ3v) is 8.03. The van der Waals surface area contributed by atoms with Gasteiger partial charge in [-0.05, 0) is 102 Å². The lowest BCUT2D eigenvalue weighted by Gasteiger charge is -2.41. The van der Waals surface area contributed by atoms with Gasteiger partial charge in [-0.3, -0.25) is 9.59 Å². The third kappa shape index (κ3) is 5.19. The molecule has 4 heterocycles. The molecule has 0 bridgehead atoms. The zero-order valence-corrected chi connectivity index (χ0v) is 19.9. The molecule has 0 saturated carbocycles. The van der Waals surface area contributed by atoms with Crippen molar-refractivity contribution in [2.24, 2.45) is 0 Å². The molecule has 7 heteroatoms. The monoisotopic (exact) mass is 453 g/mol. The Kier molecular flexibility index (Phi) is 7.16. The van der Waals surface area contributed by atoms with Crippen LogP contribution in [0.4, 0.5) is 11.4 Å². The molecule has 1 aromatic carbocycles. The predicted molar refractivity (Wildman–Crippen MR) is 132 cm³/mol. The predicted octanol–water partition coefficient (Wildman–Crippen LogP) is 3.07. The summed E-state index contributed by atoms with van der Waals surface area (Å²) in [4.78, 5) is 32.7. The molecule has 33 heavy (non-hydrogen) atoms. The summed E-state index contributed by atoms with van der Waals surface area (Å²) in [7, 11) is 0. The Labute approximate surface area is 197 Å². The maximum atomic E-state index is 12.7. The Bertz CT molecular complexity index is 845. The molecule has 0 aliphatic carbocycles. The first kappa shape index (κ1) is 22.7. The van der Waals surface area contributed by atoms with Crippen LogP contribution in [0.1, 0.15) is 68.1 Å². The van der Waals surface area contributed by atoms with Crippen molar-refractivity contribution >= 4 is 23.2 Å². The third-order valence-electron chi connectivity index (χ3n) is 8.03.